The van der Waals surface area contributed by atoms with E-state index in [4.69, 9.17) is 15.2 Å². The minimum absolute atomic E-state index is 0.147. The Morgan fingerprint density at radius 3 is 2.76 bits per heavy atom. The van der Waals surface area contributed by atoms with E-state index < -0.39 is 5.91 Å². The smallest absolute Gasteiger partial charge is 0.255 e. The van der Waals surface area contributed by atoms with E-state index in [0.717, 1.165) is 15.7 Å². The first kappa shape index (κ1) is 16.4. The number of nitrogens with two attached hydrogens (primary N) is 1. The highest BCUT2D eigenvalue weighted by molar-refractivity contribution is 14.1. The van der Waals surface area contributed by atoms with Crippen LogP contribution in [0, 0.1) is 3.57 Å². The first-order valence-electron chi connectivity index (χ1n) is 7.11. The summed E-state index contributed by atoms with van der Waals surface area (Å²) in [6.07, 6.45) is 5.15. The average Bonchev–Trinajstić information content (AvgIpc) is 2.96. The van der Waals surface area contributed by atoms with Crippen LogP contribution in [0.5, 0.6) is 11.5 Å². The Hall–Kier alpha value is -1.02. The lowest BCUT2D eigenvalue weighted by atomic mass is 10.1. The molecule has 1 aliphatic carbocycles. The molecule has 3 N–H and O–H groups in total. The maximum absolute atomic E-state index is 10.8. The Morgan fingerprint density at radius 2 is 2.14 bits per heavy atom. The van der Waals surface area contributed by atoms with Crippen LogP contribution in [0.2, 0.25) is 0 Å². The lowest BCUT2D eigenvalue weighted by Gasteiger charge is -2.16. The standard InChI is InChI=1S/C15H21IN2O3/c1-20-13-7-10(8-18-11-4-2-3-5-11)6-12(16)15(13)21-9-14(17)19/h6-7,11,18H,2-5,8-9H2,1H3,(H2,17,19). The Balaban J connectivity index is 2.05. The molecule has 0 bridgehead atoms. The highest BCUT2D eigenvalue weighted by Gasteiger charge is 2.16. The number of amides is 1. The van der Waals surface area contributed by atoms with E-state index in [1.807, 2.05) is 12.1 Å². The third kappa shape index (κ3) is 4.74. The predicted octanol–water partition coefficient (Wildman–Crippen LogP) is 2.20. The molecular weight excluding hydrogens is 383 g/mol. The number of carbonyl (C=O) groups excluding carboxylic acids is 1. The van der Waals surface area contributed by atoms with Gasteiger partial charge in [-0.3, -0.25) is 4.79 Å². The zero-order chi connectivity index (χ0) is 15.2. The van der Waals surface area contributed by atoms with Crippen molar-refractivity contribution < 1.29 is 14.3 Å². The van der Waals surface area contributed by atoms with E-state index in [2.05, 4.69) is 27.9 Å². The fourth-order valence-corrected chi connectivity index (χ4v) is 3.37. The summed E-state index contributed by atoms with van der Waals surface area (Å²) in [5.41, 5.74) is 6.26. The molecular formula is C15H21IN2O3. The zero-order valence-electron chi connectivity index (χ0n) is 12.2. The molecule has 0 heterocycles. The number of halogens is 1. The normalized spacial score (nSPS) is 15.1. The topological polar surface area (TPSA) is 73.6 Å². The van der Waals surface area contributed by atoms with Crippen LogP contribution >= 0.6 is 22.6 Å². The third-order valence-corrected chi connectivity index (χ3v) is 4.40. The fraction of sp³-hybridized carbons (Fsp3) is 0.533. The number of hydrogen-bond donors (Lipinski definition) is 2. The van der Waals surface area contributed by atoms with Crippen LogP contribution in [0.3, 0.4) is 0 Å². The van der Waals surface area contributed by atoms with Crippen LogP contribution in [0.1, 0.15) is 31.2 Å². The van der Waals surface area contributed by atoms with Crippen LogP contribution in [-0.4, -0.2) is 25.7 Å². The molecule has 1 aromatic carbocycles. The lowest BCUT2D eigenvalue weighted by Crippen LogP contribution is -2.25. The van der Waals surface area contributed by atoms with Crippen LogP contribution in [0.4, 0.5) is 0 Å². The van der Waals surface area contributed by atoms with Crippen molar-refractivity contribution in [1.29, 1.82) is 0 Å². The number of carbonyl (C=O) groups is 1. The van der Waals surface area contributed by atoms with Gasteiger partial charge in [0.25, 0.3) is 5.91 Å². The van der Waals surface area contributed by atoms with Crippen molar-refractivity contribution in [2.45, 2.75) is 38.3 Å². The SMILES string of the molecule is COc1cc(CNC2CCCC2)cc(I)c1OCC(N)=O. The maximum atomic E-state index is 10.8. The zero-order valence-corrected chi connectivity index (χ0v) is 14.3. The Bertz CT molecular complexity index is 502. The van der Waals surface area contributed by atoms with Crippen molar-refractivity contribution in [1.82, 2.24) is 5.32 Å². The quantitative estimate of drug-likeness (QED) is 0.684. The lowest BCUT2D eigenvalue weighted by molar-refractivity contribution is -0.119. The number of benzene rings is 1. The molecule has 1 fully saturated rings. The van der Waals surface area contributed by atoms with E-state index in [1.54, 1.807) is 7.11 Å². The Morgan fingerprint density at radius 1 is 1.43 bits per heavy atom. The molecule has 1 saturated carbocycles. The van der Waals surface area contributed by atoms with Gasteiger partial charge in [0, 0.05) is 12.6 Å². The number of rotatable bonds is 7. The van der Waals surface area contributed by atoms with Crippen molar-refractivity contribution in [3.8, 4) is 11.5 Å². The number of primary amides is 1. The molecule has 1 aromatic rings. The van der Waals surface area contributed by atoms with E-state index in [9.17, 15) is 4.79 Å². The van der Waals surface area contributed by atoms with Gasteiger partial charge in [0.2, 0.25) is 0 Å². The summed E-state index contributed by atoms with van der Waals surface area (Å²) in [6, 6.07) is 4.61. The van der Waals surface area contributed by atoms with Gasteiger partial charge in [-0.05, 0) is 53.1 Å². The molecule has 21 heavy (non-hydrogen) atoms. The highest BCUT2D eigenvalue weighted by Crippen LogP contribution is 2.34. The summed E-state index contributed by atoms with van der Waals surface area (Å²) in [6.45, 7) is 0.666. The van der Waals surface area contributed by atoms with E-state index in [-0.39, 0.29) is 6.61 Å². The fourth-order valence-electron chi connectivity index (χ4n) is 2.55. The number of methoxy groups -OCH3 is 1. The van der Waals surface area contributed by atoms with Crippen LogP contribution in [0.25, 0.3) is 0 Å². The first-order valence-corrected chi connectivity index (χ1v) is 8.19. The summed E-state index contributed by atoms with van der Waals surface area (Å²) in [5.74, 6) is 0.702. The summed E-state index contributed by atoms with van der Waals surface area (Å²) in [7, 11) is 1.59. The van der Waals surface area contributed by atoms with Crippen molar-refractivity contribution in [2.75, 3.05) is 13.7 Å². The maximum Gasteiger partial charge on any atom is 0.255 e. The van der Waals surface area contributed by atoms with Gasteiger partial charge >= 0.3 is 0 Å². The van der Waals surface area contributed by atoms with Gasteiger partial charge in [-0.2, -0.15) is 0 Å². The molecule has 0 aromatic heterocycles. The molecule has 116 valence electrons. The first-order chi connectivity index (χ1) is 10.1. The predicted molar refractivity (Wildman–Crippen MR) is 89.5 cm³/mol. The molecule has 1 amide bonds. The van der Waals surface area contributed by atoms with Crippen LogP contribution < -0.4 is 20.5 Å². The Kier molecular flexibility index (Phi) is 6.10. The molecule has 6 heteroatoms. The molecule has 5 nitrogen and oxygen atoms in total. The van der Waals surface area contributed by atoms with Gasteiger partial charge in [0.15, 0.2) is 18.1 Å². The summed E-state index contributed by atoms with van der Waals surface area (Å²) < 4.78 is 11.7. The number of hydrogen-bond acceptors (Lipinski definition) is 4. The number of ether oxygens (including phenoxy) is 2. The molecule has 0 saturated heterocycles. The van der Waals surface area contributed by atoms with E-state index >= 15 is 0 Å². The van der Waals surface area contributed by atoms with Gasteiger partial charge in [-0.1, -0.05) is 12.8 Å². The monoisotopic (exact) mass is 404 g/mol. The largest absolute Gasteiger partial charge is 0.493 e. The molecule has 0 atom stereocenters. The van der Waals surface area contributed by atoms with Gasteiger partial charge in [0.05, 0.1) is 10.7 Å². The van der Waals surface area contributed by atoms with Crippen molar-refractivity contribution in [2.24, 2.45) is 5.73 Å². The highest BCUT2D eigenvalue weighted by atomic mass is 127. The van der Waals surface area contributed by atoms with Gasteiger partial charge in [-0.15, -0.1) is 0 Å². The second kappa shape index (κ2) is 7.84. The minimum Gasteiger partial charge on any atom is -0.493 e. The number of nitrogens with one attached hydrogen (secondary N) is 1. The summed E-state index contributed by atoms with van der Waals surface area (Å²) >= 11 is 2.18. The summed E-state index contributed by atoms with van der Waals surface area (Å²) in [4.78, 5) is 10.8. The second-order valence-electron chi connectivity index (χ2n) is 5.23. The minimum atomic E-state index is -0.500. The van der Waals surface area contributed by atoms with Gasteiger partial charge in [-0.25, -0.2) is 0 Å². The van der Waals surface area contributed by atoms with Gasteiger partial charge < -0.3 is 20.5 Å². The molecule has 1 aliphatic rings. The van der Waals surface area contributed by atoms with Crippen LogP contribution in [0.15, 0.2) is 12.1 Å². The van der Waals surface area contributed by atoms with Gasteiger partial charge in [0.1, 0.15) is 0 Å². The third-order valence-electron chi connectivity index (χ3n) is 3.60. The van der Waals surface area contributed by atoms with E-state index in [0.29, 0.717) is 17.5 Å². The van der Waals surface area contributed by atoms with Crippen molar-refractivity contribution in [3.63, 3.8) is 0 Å². The molecule has 0 aliphatic heterocycles. The molecule has 0 unspecified atom stereocenters. The summed E-state index contributed by atoms with van der Waals surface area (Å²) in [5, 5.41) is 3.57. The van der Waals surface area contributed by atoms with Crippen molar-refractivity contribution >= 4 is 28.5 Å². The molecule has 0 radical (unpaired) electrons. The second-order valence-corrected chi connectivity index (χ2v) is 6.39. The van der Waals surface area contributed by atoms with E-state index in [1.165, 1.54) is 25.7 Å². The average molecular weight is 404 g/mol. The van der Waals surface area contributed by atoms with Crippen molar-refractivity contribution in [3.05, 3.63) is 21.3 Å². The molecule has 2 rings (SSSR count). The molecule has 0 spiro atoms. The van der Waals surface area contributed by atoms with Crippen LogP contribution in [-0.2, 0) is 11.3 Å². The Labute approximate surface area is 138 Å².